The molecule has 0 aromatic carbocycles. The molecule has 0 aromatic rings. The number of rotatable bonds is 11. The van der Waals surface area contributed by atoms with E-state index in [4.69, 9.17) is 4.74 Å². The van der Waals surface area contributed by atoms with E-state index in [1.807, 2.05) is 13.8 Å². The van der Waals surface area contributed by atoms with Gasteiger partial charge in [-0.05, 0) is 46.8 Å². The van der Waals surface area contributed by atoms with Gasteiger partial charge < -0.3 is 14.7 Å². The van der Waals surface area contributed by atoms with E-state index in [2.05, 4.69) is 81.1 Å². The molecule has 0 radical (unpaired) electrons. The zero-order chi connectivity index (χ0) is 27.8. The van der Waals surface area contributed by atoms with Gasteiger partial charge in [0, 0.05) is 31.3 Å². The van der Waals surface area contributed by atoms with Crippen molar-refractivity contribution < 1.29 is 19.4 Å². The van der Waals surface area contributed by atoms with Crippen LogP contribution in [0, 0.1) is 33.0 Å². The van der Waals surface area contributed by atoms with Crippen LogP contribution in [-0.4, -0.2) is 46.7 Å². The third-order valence-electron chi connectivity index (χ3n) is 9.71. The summed E-state index contributed by atoms with van der Waals surface area (Å²) >= 11 is 0. The Morgan fingerprint density at radius 2 is 1.43 bits per heavy atom. The minimum absolute atomic E-state index is 0.0683. The summed E-state index contributed by atoms with van der Waals surface area (Å²) in [7, 11) is 0. The summed E-state index contributed by atoms with van der Waals surface area (Å²) in [5.74, 6) is 0.0395. The second-order valence-corrected chi connectivity index (χ2v) is 15.0. The Balaban J connectivity index is 3.49. The molecule has 1 fully saturated rings. The predicted octanol–water partition coefficient (Wildman–Crippen LogP) is 6.86. The fraction of sp³-hybridized carbons (Fsp3) is 0.933. The van der Waals surface area contributed by atoms with Crippen LogP contribution in [0.5, 0.6) is 0 Å². The van der Waals surface area contributed by atoms with E-state index in [0.29, 0.717) is 12.8 Å². The third-order valence-corrected chi connectivity index (χ3v) is 9.71. The minimum Gasteiger partial charge on any atom is -0.462 e. The molecule has 1 rings (SSSR count). The first kappa shape index (κ1) is 31.9. The fourth-order valence-electron chi connectivity index (χ4n) is 5.79. The van der Waals surface area contributed by atoms with Crippen LogP contribution in [0.1, 0.15) is 123 Å². The second-order valence-electron chi connectivity index (χ2n) is 15.0. The highest BCUT2D eigenvalue weighted by molar-refractivity contribution is 5.78. The van der Waals surface area contributed by atoms with Gasteiger partial charge in [-0.15, -0.1) is 0 Å². The van der Waals surface area contributed by atoms with Gasteiger partial charge in [-0.1, -0.05) is 90.0 Å². The zero-order valence-electron chi connectivity index (χ0n) is 25.5. The topological polar surface area (TPSA) is 66.8 Å². The summed E-state index contributed by atoms with van der Waals surface area (Å²) in [5.41, 5.74) is -1.41. The highest BCUT2D eigenvalue weighted by Crippen LogP contribution is 2.54. The lowest BCUT2D eigenvalue weighted by Gasteiger charge is -2.55. The molecule has 1 heterocycles. The Bertz CT molecular complexity index is 742. The molecule has 1 aliphatic rings. The van der Waals surface area contributed by atoms with Gasteiger partial charge in [0.05, 0.1) is 6.10 Å². The van der Waals surface area contributed by atoms with Crippen molar-refractivity contribution in [2.75, 3.05) is 6.54 Å². The van der Waals surface area contributed by atoms with Crippen LogP contribution < -0.4 is 0 Å². The molecule has 1 N–H and O–H groups in total. The van der Waals surface area contributed by atoms with Gasteiger partial charge in [-0.25, -0.2) is 0 Å². The lowest BCUT2D eigenvalue weighted by molar-refractivity contribution is -0.176. The van der Waals surface area contributed by atoms with E-state index in [9.17, 15) is 14.7 Å². The molecule has 0 aromatic heterocycles. The Hall–Kier alpha value is -1.10. The van der Waals surface area contributed by atoms with Gasteiger partial charge in [0.2, 0.25) is 5.91 Å². The quantitative estimate of drug-likeness (QED) is 0.318. The first-order valence-corrected chi connectivity index (χ1v) is 13.6. The van der Waals surface area contributed by atoms with E-state index in [0.717, 1.165) is 19.4 Å². The molecule has 3 atom stereocenters. The van der Waals surface area contributed by atoms with Crippen molar-refractivity contribution in [3.8, 4) is 0 Å². The van der Waals surface area contributed by atoms with Crippen molar-refractivity contribution in [3.05, 3.63) is 0 Å². The molecule has 0 saturated carbocycles. The third kappa shape index (κ3) is 7.02. The highest BCUT2D eigenvalue weighted by Gasteiger charge is 2.54. The lowest BCUT2D eigenvalue weighted by Crippen LogP contribution is -2.57. The zero-order valence-corrected chi connectivity index (χ0v) is 25.5. The smallest absolute Gasteiger partial charge is 0.302 e. The Morgan fingerprint density at radius 3 is 1.80 bits per heavy atom. The van der Waals surface area contributed by atoms with E-state index < -0.39 is 16.9 Å². The maximum atomic E-state index is 12.9. The van der Waals surface area contributed by atoms with E-state index in [1.54, 1.807) is 0 Å². The number of carbonyl (C=O) groups is 2. The van der Waals surface area contributed by atoms with Crippen LogP contribution in [0.3, 0.4) is 0 Å². The standard InChI is InChI=1S/C30H57NO4/c1-20(2)25(34)30(13,14)29(11,12)23(35-21(3)32)19-27(7,8)28(9,10)22(18-26(4,5)6)31-17-15-16-24(31)33/h20,22-23,25,34H,15-19H2,1-14H3. The van der Waals surface area contributed by atoms with Gasteiger partial charge in [0.25, 0.3) is 0 Å². The number of aliphatic hydroxyl groups is 1. The molecule has 0 bridgehead atoms. The van der Waals surface area contributed by atoms with E-state index in [-0.39, 0.29) is 46.2 Å². The van der Waals surface area contributed by atoms with E-state index >= 15 is 0 Å². The van der Waals surface area contributed by atoms with Crippen LogP contribution in [0.4, 0.5) is 0 Å². The van der Waals surface area contributed by atoms with Crippen molar-refractivity contribution >= 4 is 11.9 Å². The monoisotopic (exact) mass is 495 g/mol. The number of hydrogen-bond donors (Lipinski definition) is 1. The molecule has 1 aliphatic heterocycles. The van der Waals surface area contributed by atoms with Crippen LogP contribution in [0.2, 0.25) is 0 Å². The lowest BCUT2D eigenvalue weighted by atomic mass is 9.54. The number of likely N-dealkylation sites (tertiary alicyclic amines) is 1. The molecular formula is C30H57NO4. The molecule has 0 spiro atoms. The number of hydrogen-bond acceptors (Lipinski definition) is 4. The maximum Gasteiger partial charge on any atom is 0.302 e. The first-order chi connectivity index (χ1) is 15.5. The van der Waals surface area contributed by atoms with Crippen LogP contribution >= 0.6 is 0 Å². The molecular weight excluding hydrogens is 438 g/mol. The van der Waals surface area contributed by atoms with Gasteiger partial charge in [-0.3, -0.25) is 9.59 Å². The number of nitrogens with zero attached hydrogens (tertiary/aromatic N) is 1. The Morgan fingerprint density at radius 1 is 0.914 bits per heavy atom. The number of amides is 1. The van der Waals surface area contributed by atoms with Gasteiger partial charge >= 0.3 is 5.97 Å². The molecule has 0 aliphatic carbocycles. The largest absolute Gasteiger partial charge is 0.462 e. The SMILES string of the molecule is CC(=O)OC(CC(C)(C)C(C)(C)C(CC(C)(C)C)N1CCCC1=O)C(C)(C)C(C)(C)C(O)C(C)C. The number of aliphatic hydroxyl groups excluding tert-OH is 1. The Kier molecular flexibility index (Phi) is 9.77. The van der Waals surface area contributed by atoms with Gasteiger partial charge in [0.15, 0.2) is 0 Å². The van der Waals surface area contributed by atoms with Crippen molar-refractivity contribution in [1.29, 1.82) is 0 Å². The molecule has 5 heteroatoms. The van der Waals surface area contributed by atoms with Crippen molar-refractivity contribution in [3.63, 3.8) is 0 Å². The van der Waals surface area contributed by atoms with Gasteiger partial charge in [0.1, 0.15) is 6.10 Å². The number of ether oxygens (including phenoxy) is 1. The first-order valence-electron chi connectivity index (χ1n) is 13.6. The normalized spacial score (nSPS) is 19.2. The summed E-state index contributed by atoms with van der Waals surface area (Å²) in [6.45, 7) is 30.5. The summed E-state index contributed by atoms with van der Waals surface area (Å²) in [4.78, 5) is 27.3. The average molecular weight is 496 g/mol. The summed E-state index contributed by atoms with van der Waals surface area (Å²) in [6.07, 6.45) is 2.17. The minimum atomic E-state index is -0.539. The van der Waals surface area contributed by atoms with Crippen LogP contribution in [0.15, 0.2) is 0 Å². The number of esters is 1. The van der Waals surface area contributed by atoms with E-state index in [1.165, 1.54) is 6.92 Å². The second kappa shape index (κ2) is 10.7. The van der Waals surface area contributed by atoms with Crippen molar-refractivity contribution in [2.45, 2.75) is 141 Å². The van der Waals surface area contributed by atoms with Crippen molar-refractivity contribution in [1.82, 2.24) is 4.90 Å². The molecule has 1 amide bonds. The Labute approximate surface area is 216 Å². The summed E-state index contributed by atoms with van der Waals surface area (Å²) in [6, 6.07) is 0.0860. The molecule has 1 saturated heterocycles. The molecule has 206 valence electrons. The van der Waals surface area contributed by atoms with Crippen molar-refractivity contribution in [2.24, 2.45) is 33.0 Å². The maximum absolute atomic E-state index is 12.9. The predicted molar refractivity (Wildman–Crippen MR) is 145 cm³/mol. The van der Waals surface area contributed by atoms with Crippen LogP contribution in [0.25, 0.3) is 0 Å². The summed E-state index contributed by atoms with van der Waals surface area (Å²) < 4.78 is 6.06. The van der Waals surface area contributed by atoms with Gasteiger partial charge in [-0.2, -0.15) is 0 Å². The fourth-order valence-corrected chi connectivity index (χ4v) is 5.79. The average Bonchev–Trinajstić information content (AvgIpc) is 3.08. The number of carbonyl (C=O) groups excluding carboxylic acids is 2. The molecule has 3 unspecified atom stereocenters. The molecule has 5 nitrogen and oxygen atoms in total. The summed E-state index contributed by atoms with van der Waals surface area (Å²) in [5, 5.41) is 11.1. The molecule has 35 heavy (non-hydrogen) atoms. The van der Waals surface area contributed by atoms with Crippen LogP contribution in [-0.2, 0) is 14.3 Å². The highest BCUT2D eigenvalue weighted by atomic mass is 16.5.